The lowest BCUT2D eigenvalue weighted by Crippen LogP contribution is -2.37. The molecule has 0 saturated carbocycles. The number of anilines is 1. The van der Waals surface area contributed by atoms with E-state index in [4.69, 9.17) is 10.8 Å². The Labute approximate surface area is 158 Å². The maximum Gasteiger partial charge on any atom is 0.356 e. The number of carbonyl (C=O) groups is 2. The fourth-order valence-electron chi connectivity index (χ4n) is 2.77. The van der Waals surface area contributed by atoms with Crippen molar-refractivity contribution >= 4 is 17.6 Å². The van der Waals surface area contributed by atoms with Crippen molar-refractivity contribution in [3.8, 4) is 23.1 Å². The Morgan fingerprint density at radius 2 is 2.04 bits per heavy atom. The number of nitrogens with zero attached hydrogens (tertiary/aromatic N) is 2. The Morgan fingerprint density at radius 3 is 2.64 bits per heavy atom. The lowest BCUT2D eigenvalue weighted by molar-refractivity contribution is -0.137. The van der Waals surface area contributed by atoms with E-state index in [1.165, 1.54) is 24.1 Å². The summed E-state index contributed by atoms with van der Waals surface area (Å²) in [6.07, 6.45) is 0.0620. The van der Waals surface area contributed by atoms with Gasteiger partial charge < -0.3 is 20.8 Å². The van der Waals surface area contributed by atoms with Crippen LogP contribution in [0.5, 0.6) is 0 Å². The van der Waals surface area contributed by atoms with Gasteiger partial charge in [0.15, 0.2) is 5.69 Å². The zero-order valence-electron chi connectivity index (χ0n) is 14.7. The third-order valence-corrected chi connectivity index (χ3v) is 4.38. The first kappa shape index (κ1) is 19.3. The van der Waals surface area contributed by atoms with Crippen LogP contribution in [0.1, 0.15) is 22.5 Å². The van der Waals surface area contributed by atoms with Crippen molar-refractivity contribution in [1.82, 2.24) is 9.88 Å². The standard InChI is InChI=1S/C19H15F2N3O4/c1-24-7-6-19(28,18(24)27)5-4-10-8-11(13(21)9-12(10)20)15-3-2-14(22)16(23-15)17(25)26/h2-3,8-9,28H,6-7,22H2,1H3,(H,25,26)/t19-/m0/s1. The van der Waals surface area contributed by atoms with E-state index in [1.54, 1.807) is 0 Å². The number of carboxylic acids is 1. The highest BCUT2D eigenvalue weighted by atomic mass is 19.1. The Balaban J connectivity index is 2.06. The minimum atomic E-state index is -1.94. The van der Waals surface area contributed by atoms with Crippen LogP contribution in [0.3, 0.4) is 0 Å². The van der Waals surface area contributed by atoms with Gasteiger partial charge in [0.2, 0.25) is 5.60 Å². The van der Waals surface area contributed by atoms with Crippen LogP contribution in [0.25, 0.3) is 11.3 Å². The largest absolute Gasteiger partial charge is 0.476 e. The summed E-state index contributed by atoms with van der Waals surface area (Å²) in [5.41, 5.74) is 2.46. The van der Waals surface area contributed by atoms with Crippen molar-refractivity contribution in [3.05, 3.63) is 47.2 Å². The van der Waals surface area contributed by atoms with Gasteiger partial charge in [-0.2, -0.15) is 0 Å². The van der Waals surface area contributed by atoms with E-state index in [9.17, 15) is 23.5 Å². The van der Waals surface area contributed by atoms with Crippen molar-refractivity contribution < 1.29 is 28.6 Å². The second-order valence-electron chi connectivity index (χ2n) is 6.34. The highest BCUT2D eigenvalue weighted by Crippen LogP contribution is 2.26. The zero-order chi connectivity index (χ0) is 20.6. The molecule has 1 atom stereocenters. The Bertz CT molecular complexity index is 1060. The number of rotatable bonds is 2. The number of likely N-dealkylation sites (tertiary alicyclic amines) is 1. The summed E-state index contributed by atoms with van der Waals surface area (Å²) in [5, 5.41) is 19.4. The highest BCUT2D eigenvalue weighted by molar-refractivity contribution is 5.92. The molecule has 0 bridgehead atoms. The molecule has 9 heteroatoms. The molecule has 144 valence electrons. The molecular weight excluding hydrogens is 372 g/mol. The van der Waals surface area contributed by atoms with E-state index in [-0.39, 0.29) is 28.9 Å². The predicted octanol–water partition coefficient (Wildman–Crippen LogP) is 1.25. The molecule has 2 aromatic rings. The second kappa shape index (κ2) is 6.90. The molecule has 1 amide bonds. The van der Waals surface area contributed by atoms with Gasteiger partial charge in [-0.25, -0.2) is 18.6 Å². The molecule has 0 spiro atoms. The summed E-state index contributed by atoms with van der Waals surface area (Å²) in [7, 11) is 1.51. The minimum Gasteiger partial charge on any atom is -0.476 e. The van der Waals surface area contributed by atoms with Crippen molar-refractivity contribution in [2.75, 3.05) is 19.3 Å². The molecule has 1 aliphatic rings. The maximum atomic E-state index is 14.3. The van der Waals surface area contributed by atoms with Gasteiger partial charge in [0, 0.05) is 31.6 Å². The molecule has 1 fully saturated rings. The smallest absolute Gasteiger partial charge is 0.356 e. The molecule has 1 aromatic carbocycles. The summed E-state index contributed by atoms with van der Waals surface area (Å²) in [6.45, 7) is 0.300. The van der Waals surface area contributed by atoms with Crippen LogP contribution in [-0.4, -0.2) is 51.2 Å². The van der Waals surface area contributed by atoms with Crippen LogP contribution >= 0.6 is 0 Å². The number of aromatic carboxylic acids is 1. The number of nitrogen functional groups attached to an aromatic ring is 1. The van der Waals surface area contributed by atoms with Crippen LogP contribution in [0.4, 0.5) is 14.5 Å². The first-order valence-corrected chi connectivity index (χ1v) is 8.13. The number of likely N-dealkylation sites (N-methyl/N-ethyl adjacent to an activating group) is 1. The Hall–Kier alpha value is -3.51. The topological polar surface area (TPSA) is 117 Å². The van der Waals surface area contributed by atoms with Crippen molar-refractivity contribution in [2.45, 2.75) is 12.0 Å². The number of halogens is 2. The molecule has 2 heterocycles. The van der Waals surface area contributed by atoms with Crippen LogP contribution < -0.4 is 5.73 Å². The van der Waals surface area contributed by atoms with Gasteiger partial charge >= 0.3 is 5.97 Å². The number of aliphatic hydroxyl groups is 1. The number of pyridine rings is 1. The third-order valence-electron chi connectivity index (χ3n) is 4.38. The van der Waals surface area contributed by atoms with E-state index in [2.05, 4.69) is 16.8 Å². The first-order chi connectivity index (χ1) is 13.1. The van der Waals surface area contributed by atoms with Gasteiger partial charge in [-0.1, -0.05) is 11.8 Å². The summed E-state index contributed by atoms with van der Waals surface area (Å²) >= 11 is 0. The maximum absolute atomic E-state index is 14.3. The average molecular weight is 387 g/mol. The quantitative estimate of drug-likeness (QED) is 0.668. The number of carbonyl (C=O) groups excluding carboxylic acids is 1. The molecular formula is C19H15F2N3O4. The molecule has 1 saturated heterocycles. The molecule has 7 nitrogen and oxygen atoms in total. The molecule has 0 aliphatic carbocycles. The molecule has 1 aromatic heterocycles. The third kappa shape index (κ3) is 3.37. The Morgan fingerprint density at radius 1 is 1.32 bits per heavy atom. The second-order valence-corrected chi connectivity index (χ2v) is 6.34. The number of hydrogen-bond donors (Lipinski definition) is 3. The van der Waals surface area contributed by atoms with E-state index < -0.39 is 34.8 Å². The minimum absolute atomic E-state index is 0.0620. The number of nitrogens with two attached hydrogens (primary N) is 1. The van der Waals surface area contributed by atoms with Crippen LogP contribution in [-0.2, 0) is 4.79 Å². The van der Waals surface area contributed by atoms with E-state index in [0.717, 1.165) is 6.07 Å². The van der Waals surface area contributed by atoms with E-state index in [0.29, 0.717) is 12.6 Å². The molecule has 3 rings (SSSR count). The molecule has 0 unspecified atom stereocenters. The number of amides is 1. The summed E-state index contributed by atoms with van der Waals surface area (Å²) in [5.74, 6) is 0.751. The number of carboxylic acid groups (broad SMARTS) is 1. The van der Waals surface area contributed by atoms with E-state index >= 15 is 0 Å². The monoisotopic (exact) mass is 387 g/mol. The normalized spacial score (nSPS) is 18.7. The van der Waals surface area contributed by atoms with Gasteiger partial charge in [-0.05, 0) is 18.2 Å². The number of benzene rings is 1. The zero-order valence-corrected chi connectivity index (χ0v) is 14.7. The van der Waals surface area contributed by atoms with E-state index in [1.807, 2.05) is 0 Å². The molecule has 28 heavy (non-hydrogen) atoms. The summed E-state index contributed by atoms with van der Waals surface area (Å²) < 4.78 is 28.4. The molecule has 0 radical (unpaired) electrons. The van der Waals surface area contributed by atoms with Gasteiger partial charge in [0.05, 0.1) is 16.9 Å². The SMILES string of the molecule is CN1CC[C@@](O)(C#Cc2cc(-c3ccc(N)c(C(=O)O)n3)c(F)cc2F)C1=O. The predicted molar refractivity (Wildman–Crippen MR) is 95.0 cm³/mol. The van der Waals surface area contributed by atoms with Gasteiger partial charge in [-0.15, -0.1) is 0 Å². The molecule has 1 aliphatic heterocycles. The lowest BCUT2D eigenvalue weighted by atomic mass is 10.0. The van der Waals surface area contributed by atoms with Crippen LogP contribution in [0.15, 0.2) is 24.3 Å². The van der Waals surface area contributed by atoms with Gasteiger partial charge in [-0.3, -0.25) is 4.79 Å². The lowest BCUT2D eigenvalue weighted by Gasteiger charge is -2.13. The fourth-order valence-corrected chi connectivity index (χ4v) is 2.77. The van der Waals surface area contributed by atoms with Crippen molar-refractivity contribution in [1.29, 1.82) is 0 Å². The summed E-state index contributed by atoms with van der Waals surface area (Å²) in [6, 6.07) is 4.15. The van der Waals surface area contributed by atoms with Crippen molar-refractivity contribution in [3.63, 3.8) is 0 Å². The Kier molecular flexibility index (Phi) is 4.75. The number of hydrogen-bond acceptors (Lipinski definition) is 5. The number of aromatic nitrogens is 1. The van der Waals surface area contributed by atoms with Crippen molar-refractivity contribution in [2.24, 2.45) is 0 Å². The van der Waals surface area contributed by atoms with Gasteiger partial charge in [0.1, 0.15) is 11.6 Å². The highest BCUT2D eigenvalue weighted by Gasteiger charge is 2.42. The van der Waals surface area contributed by atoms with Crippen LogP contribution in [0, 0.1) is 23.5 Å². The summed E-state index contributed by atoms with van der Waals surface area (Å²) in [4.78, 5) is 28.2. The average Bonchev–Trinajstić information content (AvgIpc) is 2.89. The molecule has 4 N–H and O–H groups in total. The van der Waals surface area contributed by atoms with Crippen LogP contribution in [0.2, 0.25) is 0 Å². The fraction of sp³-hybridized carbons (Fsp3) is 0.211. The van der Waals surface area contributed by atoms with Gasteiger partial charge in [0.25, 0.3) is 5.91 Å². The first-order valence-electron chi connectivity index (χ1n) is 8.13.